The molecule has 1 aliphatic heterocycles. The summed E-state index contributed by atoms with van der Waals surface area (Å²) in [5.41, 5.74) is 0.663. The molecule has 0 aromatic carbocycles. The van der Waals surface area contributed by atoms with Crippen molar-refractivity contribution in [3.63, 3.8) is 0 Å². The first kappa shape index (κ1) is 14.6. The topological polar surface area (TPSA) is 59.5 Å². The van der Waals surface area contributed by atoms with Crippen molar-refractivity contribution in [1.29, 1.82) is 0 Å². The average Bonchev–Trinajstić information content (AvgIpc) is 2.26. The van der Waals surface area contributed by atoms with Crippen molar-refractivity contribution in [2.24, 2.45) is 0 Å². The Balaban J connectivity index is 2.30. The van der Waals surface area contributed by atoms with Gasteiger partial charge in [0.05, 0.1) is 25.0 Å². The van der Waals surface area contributed by atoms with E-state index in [0.29, 0.717) is 29.7 Å². The van der Waals surface area contributed by atoms with E-state index in [1.54, 1.807) is 12.1 Å². The molecule has 5 nitrogen and oxygen atoms in total. The lowest BCUT2D eigenvalue weighted by Crippen LogP contribution is -2.44. The molecular weight excluding hydrogens is 288 g/mol. The molecule has 1 fully saturated rings. The lowest BCUT2D eigenvalue weighted by Gasteiger charge is -2.34. The molecule has 0 unspecified atom stereocenters. The lowest BCUT2D eigenvalue weighted by atomic mass is 10.2. The zero-order valence-corrected chi connectivity index (χ0v) is 12.5. The van der Waals surface area contributed by atoms with Crippen LogP contribution in [0.25, 0.3) is 0 Å². The largest absolute Gasteiger partial charge is 0.377 e. The quantitative estimate of drug-likeness (QED) is 0.792. The van der Waals surface area contributed by atoms with Gasteiger partial charge in [0.2, 0.25) is 0 Å². The molecule has 7 heteroatoms. The van der Waals surface area contributed by atoms with Crippen LogP contribution >= 0.6 is 11.6 Å². The van der Waals surface area contributed by atoms with Gasteiger partial charge in [0.1, 0.15) is 11.0 Å². The van der Waals surface area contributed by atoms with Crippen molar-refractivity contribution in [3.8, 4) is 0 Å². The van der Waals surface area contributed by atoms with Gasteiger partial charge < -0.3 is 9.64 Å². The number of sulfone groups is 1. The number of rotatable bonds is 3. The number of hydrogen-bond donors (Lipinski definition) is 0. The Bertz CT molecular complexity index is 562. The van der Waals surface area contributed by atoms with Gasteiger partial charge in [-0.05, 0) is 24.6 Å². The van der Waals surface area contributed by atoms with E-state index in [2.05, 4.69) is 9.88 Å². The van der Waals surface area contributed by atoms with Crippen LogP contribution < -0.4 is 4.90 Å². The minimum Gasteiger partial charge on any atom is -0.377 e. The fourth-order valence-corrected chi connectivity index (χ4v) is 3.13. The molecule has 19 heavy (non-hydrogen) atoms. The second kappa shape index (κ2) is 5.64. The number of morpholine rings is 1. The van der Waals surface area contributed by atoms with E-state index in [-0.39, 0.29) is 11.8 Å². The molecule has 1 atom stereocenters. The third-order valence-electron chi connectivity index (χ3n) is 2.93. The van der Waals surface area contributed by atoms with E-state index in [1.807, 2.05) is 6.92 Å². The third-order valence-corrected chi connectivity index (χ3v) is 3.98. The molecule has 2 rings (SSSR count). The number of pyridine rings is 1. The number of nitrogens with zero attached hydrogens (tertiary/aromatic N) is 2. The molecule has 2 heterocycles. The van der Waals surface area contributed by atoms with Gasteiger partial charge in [-0.3, -0.25) is 0 Å². The second-order valence-electron chi connectivity index (χ2n) is 4.84. The molecule has 0 aliphatic carbocycles. The summed E-state index contributed by atoms with van der Waals surface area (Å²) in [6, 6.07) is 3.58. The van der Waals surface area contributed by atoms with E-state index in [4.69, 9.17) is 16.3 Å². The van der Waals surface area contributed by atoms with Crippen LogP contribution in [0, 0.1) is 0 Å². The smallest absolute Gasteiger partial charge is 0.151 e. The second-order valence-corrected chi connectivity index (χ2v) is 7.37. The van der Waals surface area contributed by atoms with Gasteiger partial charge in [-0.25, -0.2) is 13.4 Å². The minimum absolute atomic E-state index is 0.0268. The summed E-state index contributed by atoms with van der Waals surface area (Å²) in [7, 11) is -3.08. The van der Waals surface area contributed by atoms with Crippen molar-refractivity contribution in [3.05, 3.63) is 22.8 Å². The van der Waals surface area contributed by atoms with Crippen LogP contribution in [-0.4, -0.2) is 45.5 Å². The molecule has 0 N–H and O–H groups in total. The highest BCUT2D eigenvalue weighted by atomic mass is 35.5. The summed E-state index contributed by atoms with van der Waals surface area (Å²) < 4.78 is 28.1. The van der Waals surface area contributed by atoms with Crippen LogP contribution in [0.2, 0.25) is 5.15 Å². The minimum atomic E-state index is -3.08. The van der Waals surface area contributed by atoms with Gasteiger partial charge in [0, 0.05) is 12.8 Å². The normalized spacial score (nSPS) is 20.6. The average molecular weight is 305 g/mol. The summed E-state index contributed by atoms with van der Waals surface area (Å²) in [6.45, 7) is 4.04. The molecule has 1 saturated heterocycles. The molecule has 0 spiro atoms. The molecule has 0 saturated carbocycles. The Morgan fingerprint density at radius 1 is 1.53 bits per heavy atom. The Labute approximate surface area is 118 Å². The molecule has 1 aromatic heterocycles. The first-order valence-electron chi connectivity index (χ1n) is 6.04. The Hall–Kier alpha value is -0.850. The summed E-state index contributed by atoms with van der Waals surface area (Å²) in [5.74, 6) is 0.683. The van der Waals surface area contributed by atoms with E-state index >= 15 is 0 Å². The zero-order valence-electron chi connectivity index (χ0n) is 11.0. The SMILES string of the molecule is C[C@H]1COCCN1c1cc(CS(C)(=O)=O)cc(Cl)n1. The summed E-state index contributed by atoms with van der Waals surface area (Å²) in [5, 5.41) is 0.315. The standard InChI is InChI=1S/C12H17ClN2O3S/c1-9-7-18-4-3-15(9)12-6-10(5-11(13)14-12)8-19(2,16)17/h5-6,9H,3-4,7-8H2,1-2H3/t9-/m0/s1. The Morgan fingerprint density at radius 2 is 2.26 bits per heavy atom. The molecule has 106 valence electrons. The van der Waals surface area contributed by atoms with Crippen LogP contribution in [-0.2, 0) is 20.3 Å². The number of hydrogen-bond acceptors (Lipinski definition) is 5. The van der Waals surface area contributed by atoms with Gasteiger partial charge >= 0.3 is 0 Å². The van der Waals surface area contributed by atoms with Gasteiger partial charge in [0.15, 0.2) is 9.84 Å². The molecule has 0 radical (unpaired) electrons. The molecule has 1 aliphatic rings. The van der Waals surface area contributed by atoms with E-state index in [1.165, 1.54) is 6.26 Å². The fraction of sp³-hybridized carbons (Fsp3) is 0.583. The highest BCUT2D eigenvalue weighted by molar-refractivity contribution is 7.89. The van der Waals surface area contributed by atoms with E-state index in [9.17, 15) is 8.42 Å². The predicted molar refractivity (Wildman–Crippen MR) is 75.4 cm³/mol. The van der Waals surface area contributed by atoms with Crippen molar-refractivity contribution in [2.75, 3.05) is 30.9 Å². The Kier molecular flexibility index (Phi) is 4.32. The van der Waals surface area contributed by atoms with Gasteiger partial charge in [-0.15, -0.1) is 0 Å². The first-order valence-corrected chi connectivity index (χ1v) is 8.47. The van der Waals surface area contributed by atoms with Crippen molar-refractivity contribution < 1.29 is 13.2 Å². The van der Waals surface area contributed by atoms with Crippen molar-refractivity contribution in [2.45, 2.75) is 18.7 Å². The summed E-state index contributed by atoms with van der Waals surface area (Å²) in [4.78, 5) is 6.36. The van der Waals surface area contributed by atoms with Crippen LogP contribution in [0.1, 0.15) is 12.5 Å². The van der Waals surface area contributed by atoms with Crippen LogP contribution in [0.3, 0.4) is 0 Å². The van der Waals surface area contributed by atoms with Crippen LogP contribution in [0.15, 0.2) is 12.1 Å². The molecule has 0 amide bonds. The van der Waals surface area contributed by atoms with Crippen LogP contribution in [0.4, 0.5) is 5.82 Å². The maximum absolute atomic E-state index is 11.4. The van der Waals surface area contributed by atoms with Crippen LogP contribution in [0.5, 0.6) is 0 Å². The Morgan fingerprint density at radius 3 is 2.89 bits per heavy atom. The highest BCUT2D eigenvalue weighted by Gasteiger charge is 2.21. The van der Waals surface area contributed by atoms with E-state index < -0.39 is 9.84 Å². The summed E-state index contributed by atoms with van der Waals surface area (Å²) in [6.07, 6.45) is 1.21. The fourth-order valence-electron chi connectivity index (χ4n) is 2.14. The molecule has 1 aromatic rings. The molecular formula is C12H17ClN2O3S. The van der Waals surface area contributed by atoms with Gasteiger partial charge in [0.25, 0.3) is 0 Å². The predicted octanol–water partition coefficient (Wildman–Crippen LogP) is 1.50. The summed E-state index contributed by atoms with van der Waals surface area (Å²) >= 11 is 5.98. The number of anilines is 1. The van der Waals surface area contributed by atoms with Gasteiger partial charge in [-0.1, -0.05) is 11.6 Å². The highest BCUT2D eigenvalue weighted by Crippen LogP contribution is 2.22. The maximum atomic E-state index is 11.4. The number of ether oxygens (including phenoxy) is 1. The maximum Gasteiger partial charge on any atom is 0.151 e. The monoisotopic (exact) mass is 304 g/mol. The molecule has 0 bridgehead atoms. The van der Waals surface area contributed by atoms with E-state index in [0.717, 1.165) is 6.54 Å². The van der Waals surface area contributed by atoms with Crippen molar-refractivity contribution >= 4 is 27.3 Å². The zero-order chi connectivity index (χ0) is 14.0. The number of aromatic nitrogens is 1. The third kappa shape index (κ3) is 4.06. The first-order chi connectivity index (χ1) is 8.85. The number of halogens is 1. The van der Waals surface area contributed by atoms with Gasteiger partial charge in [-0.2, -0.15) is 0 Å². The van der Waals surface area contributed by atoms with Crippen molar-refractivity contribution in [1.82, 2.24) is 4.98 Å². The lowest BCUT2D eigenvalue weighted by molar-refractivity contribution is 0.0985.